The van der Waals surface area contributed by atoms with Gasteiger partial charge in [0.05, 0.1) is 23.3 Å². The lowest BCUT2D eigenvalue weighted by Crippen LogP contribution is -2.43. The largest absolute Gasteiger partial charge is 0.324 e. The molecule has 0 aliphatic heterocycles. The Morgan fingerprint density at radius 1 is 1.04 bits per heavy atom. The van der Waals surface area contributed by atoms with Gasteiger partial charge in [-0.25, -0.2) is 0 Å². The topological polar surface area (TPSA) is 61.4 Å². The van der Waals surface area contributed by atoms with E-state index in [-0.39, 0.29) is 18.4 Å². The molecular weight excluding hydrogens is 374 g/mol. The van der Waals surface area contributed by atoms with Crippen molar-refractivity contribution in [2.24, 2.45) is 0 Å². The van der Waals surface area contributed by atoms with Gasteiger partial charge in [-0.1, -0.05) is 55.8 Å². The van der Waals surface area contributed by atoms with E-state index in [1.54, 1.807) is 43.1 Å². The number of nitrogens with zero attached hydrogens (tertiary/aromatic N) is 1. The molecule has 2 aromatic rings. The Balaban J connectivity index is 2.01. The first-order valence-electron chi connectivity index (χ1n) is 9.35. The molecule has 2 aromatic carbocycles. The van der Waals surface area contributed by atoms with E-state index in [0.717, 1.165) is 16.8 Å². The Labute approximate surface area is 172 Å². The van der Waals surface area contributed by atoms with Crippen LogP contribution in [0.25, 0.3) is 0 Å². The van der Waals surface area contributed by atoms with Crippen molar-refractivity contribution in [3.8, 4) is 0 Å². The van der Waals surface area contributed by atoms with Crippen LogP contribution in [0.4, 0.5) is 11.4 Å². The van der Waals surface area contributed by atoms with Crippen LogP contribution in [0.1, 0.15) is 37.8 Å². The quantitative estimate of drug-likeness (QED) is 0.708. The molecule has 0 saturated heterocycles. The van der Waals surface area contributed by atoms with Gasteiger partial charge in [0, 0.05) is 5.69 Å². The molecule has 2 amide bonds. The third-order valence-electron chi connectivity index (χ3n) is 4.76. The number of carbonyl (C=O) groups is 2. The number of likely N-dealkylation sites (N-methyl/N-ethyl adjacent to an activating group) is 1. The van der Waals surface area contributed by atoms with Crippen molar-refractivity contribution in [1.29, 1.82) is 0 Å². The van der Waals surface area contributed by atoms with Crippen LogP contribution in [0.2, 0.25) is 5.02 Å². The first-order valence-corrected chi connectivity index (χ1v) is 9.73. The smallest absolute Gasteiger partial charge is 0.241 e. The Hall–Kier alpha value is -2.37. The molecule has 0 heterocycles. The maximum Gasteiger partial charge on any atom is 0.241 e. The van der Waals surface area contributed by atoms with Gasteiger partial charge in [0.15, 0.2) is 0 Å². The number of aryl methyl sites for hydroxylation is 1. The number of rotatable bonds is 7. The molecule has 0 aromatic heterocycles. The number of nitrogens with one attached hydrogen (secondary N) is 2. The predicted molar refractivity (Wildman–Crippen MR) is 116 cm³/mol. The fourth-order valence-corrected chi connectivity index (χ4v) is 3.07. The normalized spacial score (nSPS) is 12.1. The number of benzene rings is 2. The molecule has 28 heavy (non-hydrogen) atoms. The predicted octanol–water partition coefficient (Wildman–Crippen LogP) is 4.67. The van der Waals surface area contributed by atoms with Gasteiger partial charge < -0.3 is 10.6 Å². The maximum absolute atomic E-state index is 12.8. The molecule has 0 aliphatic carbocycles. The Bertz CT molecular complexity index is 851. The number of carbonyl (C=O) groups excluding carboxylic acids is 2. The van der Waals surface area contributed by atoms with Crippen molar-refractivity contribution in [2.75, 3.05) is 24.2 Å². The van der Waals surface area contributed by atoms with Gasteiger partial charge >= 0.3 is 0 Å². The first kappa shape index (κ1) is 21.9. The van der Waals surface area contributed by atoms with Gasteiger partial charge in [0.1, 0.15) is 0 Å². The van der Waals surface area contributed by atoms with Crippen LogP contribution in [0.3, 0.4) is 0 Å². The van der Waals surface area contributed by atoms with Gasteiger partial charge in [0.25, 0.3) is 0 Å². The van der Waals surface area contributed by atoms with E-state index in [9.17, 15) is 9.59 Å². The fraction of sp³-hybridized carbons (Fsp3) is 0.364. The zero-order valence-corrected chi connectivity index (χ0v) is 17.8. The van der Waals surface area contributed by atoms with E-state index >= 15 is 0 Å². The average Bonchev–Trinajstić information content (AvgIpc) is 2.64. The highest BCUT2D eigenvalue weighted by atomic mass is 35.5. The standard InChI is InChI=1S/C22H28ClN3O2/c1-14(2)17-10-8-9-15(3)21(17)25-22(28)16(4)26(5)13-20(27)24-19-12-7-6-11-18(19)23/h6-12,14,16H,13H2,1-5H3,(H,24,27)(H,25,28)/t16-/m1/s1. The van der Waals surface area contributed by atoms with Crippen molar-refractivity contribution < 1.29 is 9.59 Å². The van der Waals surface area contributed by atoms with Gasteiger partial charge in [-0.05, 0) is 50.1 Å². The van der Waals surface area contributed by atoms with E-state index in [2.05, 4.69) is 24.5 Å². The molecule has 0 fully saturated rings. The zero-order valence-electron chi connectivity index (χ0n) is 17.0. The number of anilines is 2. The van der Waals surface area contributed by atoms with Crippen molar-refractivity contribution in [2.45, 2.75) is 39.7 Å². The third-order valence-corrected chi connectivity index (χ3v) is 5.09. The molecule has 2 N–H and O–H groups in total. The fourth-order valence-electron chi connectivity index (χ4n) is 2.89. The second-order valence-corrected chi connectivity index (χ2v) is 7.71. The number of halogens is 1. The van der Waals surface area contributed by atoms with Crippen LogP contribution in [0.15, 0.2) is 42.5 Å². The molecule has 0 radical (unpaired) electrons. The summed E-state index contributed by atoms with van der Waals surface area (Å²) in [6, 6.07) is 12.6. The van der Waals surface area contributed by atoms with Crippen molar-refractivity contribution >= 4 is 34.8 Å². The minimum atomic E-state index is -0.475. The first-order chi connectivity index (χ1) is 13.2. The molecule has 0 unspecified atom stereocenters. The molecule has 0 bridgehead atoms. The van der Waals surface area contributed by atoms with Crippen LogP contribution in [-0.4, -0.2) is 36.3 Å². The van der Waals surface area contributed by atoms with Crippen molar-refractivity contribution in [3.05, 3.63) is 58.6 Å². The summed E-state index contributed by atoms with van der Waals surface area (Å²) < 4.78 is 0. The van der Waals surface area contributed by atoms with Crippen LogP contribution in [-0.2, 0) is 9.59 Å². The third kappa shape index (κ3) is 5.57. The van der Waals surface area contributed by atoms with E-state index in [4.69, 9.17) is 11.6 Å². The van der Waals surface area contributed by atoms with E-state index in [1.807, 2.05) is 25.1 Å². The van der Waals surface area contributed by atoms with Gasteiger partial charge in [-0.2, -0.15) is 0 Å². The summed E-state index contributed by atoms with van der Waals surface area (Å²) in [4.78, 5) is 26.8. The molecular formula is C22H28ClN3O2. The highest BCUT2D eigenvalue weighted by molar-refractivity contribution is 6.33. The Kier molecular flexibility index (Phi) is 7.61. The molecule has 6 heteroatoms. The molecule has 2 rings (SSSR count). The van der Waals surface area contributed by atoms with E-state index in [0.29, 0.717) is 16.6 Å². The summed E-state index contributed by atoms with van der Waals surface area (Å²) in [5.74, 6) is -0.0807. The van der Waals surface area contributed by atoms with Gasteiger partial charge in [0.2, 0.25) is 11.8 Å². The average molecular weight is 402 g/mol. The van der Waals surface area contributed by atoms with Gasteiger partial charge in [-0.3, -0.25) is 14.5 Å². The van der Waals surface area contributed by atoms with Crippen molar-refractivity contribution in [3.63, 3.8) is 0 Å². The van der Waals surface area contributed by atoms with Crippen LogP contribution in [0.5, 0.6) is 0 Å². The van der Waals surface area contributed by atoms with E-state index < -0.39 is 6.04 Å². The highest BCUT2D eigenvalue weighted by Gasteiger charge is 2.22. The molecule has 5 nitrogen and oxygen atoms in total. The maximum atomic E-state index is 12.8. The number of hydrogen-bond acceptors (Lipinski definition) is 3. The lowest BCUT2D eigenvalue weighted by Gasteiger charge is -2.25. The highest BCUT2D eigenvalue weighted by Crippen LogP contribution is 2.27. The lowest BCUT2D eigenvalue weighted by molar-refractivity contribution is -0.122. The Morgan fingerprint density at radius 2 is 1.71 bits per heavy atom. The lowest BCUT2D eigenvalue weighted by atomic mass is 9.98. The SMILES string of the molecule is Cc1cccc(C(C)C)c1NC(=O)[C@@H](C)N(C)CC(=O)Nc1ccccc1Cl. The minimum absolute atomic E-state index is 0.0740. The second-order valence-electron chi connectivity index (χ2n) is 7.30. The number of para-hydroxylation sites is 2. The Morgan fingerprint density at radius 3 is 2.36 bits per heavy atom. The summed E-state index contributed by atoms with van der Waals surface area (Å²) in [6.07, 6.45) is 0. The summed E-state index contributed by atoms with van der Waals surface area (Å²) in [5, 5.41) is 6.29. The monoisotopic (exact) mass is 401 g/mol. The molecule has 0 spiro atoms. The molecule has 0 saturated carbocycles. The summed E-state index contributed by atoms with van der Waals surface area (Å²) in [5.41, 5.74) is 3.52. The zero-order chi connectivity index (χ0) is 20.8. The molecule has 0 aliphatic rings. The molecule has 1 atom stereocenters. The van der Waals surface area contributed by atoms with Crippen LogP contribution < -0.4 is 10.6 Å². The summed E-state index contributed by atoms with van der Waals surface area (Å²) >= 11 is 6.07. The van der Waals surface area contributed by atoms with Crippen LogP contribution >= 0.6 is 11.6 Å². The number of hydrogen-bond donors (Lipinski definition) is 2. The second kappa shape index (κ2) is 9.71. The summed E-state index contributed by atoms with van der Waals surface area (Å²) in [6.45, 7) is 8.03. The van der Waals surface area contributed by atoms with Crippen LogP contribution in [0, 0.1) is 6.92 Å². The summed E-state index contributed by atoms with van der Waals surface area (Å²) in [7, 11) is 1.75. The number of amides is 2. The van der Waals surface area contributed by atoms with Crippen molar-refractivity contribution in [1.82, 2.24) is 4.90 Å². The minimum Gasteiger partial charge on any atom is -0.324 e. The van der Waals surface area contributed by atoms with Gasteiger partial charge in [-0.15, -0.1) is 0 Å². The van der Waals surface area contributed by atoms with E-state index in [1.165, 1.54) is 0 Å². The molecule has 150 valence electrons.